The third-order valence-electron chi connectivity index (χ3n) is 3.68. The third-order valence-corrected chi connectivity index (χ3v) is 3.68. The molecule has 1 N–H and O–H groups in total. The predicted octanol–water partition coefficient (Wildman–Crippen LogP) is 4.04. The van der Waals surface area contributed by atoms with Crippen molar-refractivity contribution in [2.75, 3.05) is 26.1 Å². The SMILES string of the molecule is CCCOc1ccc(/C=C(\C#N)C(=O)Nc2cc(OC)ccc2OC)cc1. The maximum Gasteiger partial charge on any atom is 0.266 e. The van der Waals surface area contributed by atoms with Gasteiger partial charge in [-0.05, 0) is 42.3 Å². The number of benzene rings is 2. The molecule has 140 valence electrons. The Kier molecular flexibility index (Phi) is 7.26. The first-order valence-corrected chi connectivity index (χ1v) is 8.49. The number of anilines is 1. The number of nitrogens with one attached hydrogen (secondary N) is 1. The van der Waals surface area contributed by atoms with Crippen molar-refractivity contribution in [3.05, 3.63) is 53.6 Å². The Labute approximate surface area is 159 Å². The highest BCUT2D eigenvalue weighted by molar-refractivity contribution is 6.10. The first kappa shape index (κ1) is 19.9. The molecule has 1 amide bonds. The van der Waals surface area contributed by atoms with E-state index in [1.54, 1.807) is 42.5 Å². The van der Waals surface area contributed by atoms with E-state index in [2.05, 4.69) is 5.32 Å². The molecule has 0 aliphatic heterocycles. The first-order chi connectivity index (χ1) is 13.1. The molecular weight excluding hydrogens is 344 g/mol. The summed E-state index contributed by atoms with van der Waals surface area (Å²) in [5.41, 5.74) is 1.12. The van der Waals surface area contributed by atoms with Crippen LogP contribution >= 0.6 is 0 Å². The van der Waals surface area contributed by atoms with E-state index in [-0.39, 0.29) is 5.57 Å². The molecule has 0 aromatic heterocycles. The summed E-state index contributed by atoms with van der Waals surface area (Å²) in [5.74, 6) is 1.25. The summed E-state index contributed by atoms with van der Waals surface area (Å²) in [7, 11) is 3.03. The summed E-state index contributed by atoms with van der Waals surface area (Å²) in [5, 5.41) is 12.1. The molecule has 0 aliphatic rings. The van der Waals surface area contributed by atoms with Crippen molar-refractivity contribution in [1.29, 1.82) is 5.26 Å². The van der Waals surface area contributed by atoms with Gasteiger partial charge >= 0.3 is 0 Å². The second-order valence-electron chi connectivity index (χ2n) is 5.61. The fourth-order valence-corrected chi connectivity index (χ4v) is 2.30. The monoisotopic (exact) mass is 366 g/mol. The maximum atomic E-state index is 12.5. The maximum absolute atomic E-state index is 12.5. The van der Waals surface area contributed by atoms with Crippen molar-refractivity contribution < 1.29 is 19.0 Å². The number of methoxy groups -OCH3 is 2. The Balaban J connectivity index is 2.18. The summed E-state index contributed by atoms with van der Waals surface area (Å²) in [6.07, 6.45) is 2.44. The minimum absolute atomic E-state index is 0.0258. The van der Waals surface area contributed by atoms with Gasteiger partial charge in [-0.15, -0.1) is 0 Å². The van der Waals surface area contributed by atoms with Gasteiger partial charge in [0.2, 0.25) is 0 Å². The minimum Gasteiger partial charge on any atom is -0.497 e. The topological polar surface area (TPSA) is 80.6 Å². The highest BCUT2D eigenvalue weighted by Crippen LogP contribution is 2.29. The van der Waals surface area contributed by atoms with Gasteiger partial charge in [0.05, 0.1) is 26.5 Å². The Morgan fingerprint density at radius 1 is 1.11 bits per heavy atom. The number of amides is 1. The predicted molar refractivity (Wildman–Crippen MR) is 104 cm³/mol. The smallest absolute Gasteiger partial charge is 0.266 e. The number of hydrogen-bond acceptors (Lipinski definition) is 5. The van der Waals surface area contributed by atoms with Gasteiger partial charge in [0.1, 0.15) is 28.9 Å². The largest absolute Gasteiger partial charge is 0.497 e. The van der Waals surface area contributed by atoms with Crippen LogP contribution in [0.4, 0.5) is 5.69 Å². The van der Waals surface area contributed by atoms with E-state index < -0.39 is 5.91 Å². The third kappa shape index (κ3) is 5.51. The average molecular weight is 366 g/mol. The van der Waals surface area contributed by atoms with E-state index >= 15 is 0 Å². The first-order valence-electron chi connectivity index (χ1n) is 8.49. The van der Waals surface area contributed by atoms with Gasteiger partial charge in [-0.3, -0.25) is 4.79 Å². The average Bonchev–Trinajstić information content (AvgIpc) is 2.71. The molecule has 27 heavy (non-hydrogen) atoms. The van der Waals surface area contributed by atoms with Crippen LogP contribution in [0.5, 0.6) is 17.2 Å². The van der Waals surface area contributed by atoms with Crippen molar-refractivity contribution in [2.45, 2.75) is 13.3 Å². The van der Waals surface area contributed by atoms with E-state index in [1.165, 1.54) is 20.3 Å². The summed E-state index contributed by atoms with van der Waals surface area (Å²) < 4.78 is 15.9. The highest BCUT2D eigenvalue weighted by Gasteiger charge is 2.13. The minimum atomic E-state index is -0.532. The second-order valence-corrected chi connectivity index (χ2v) is 5.61. The molecule has 0 saturated carbocycles. The second kappa shape index (κ2) is 9.88. The fraction of sp³-hybridized carbons (Fsp3) is 0.238. The Hall–Kier alpha value is -3.46. The van der Waals surface area contributed by atoms with Crippen LogP contribution < -0.4 is 19.5 Å². The zero-order chi connectivity index (χ0) is 19.6. The van der Waals surface area contributed by atoms with Crippen molar-refractivity contribution >= 4 is 17.7 Å². The number of nitrogens with zero attached hydrogens (tertiary/aromatic N) is 1. The summed E-state index contributed by atoms with van der Waals surface area (Å²) in [4.78, 5) is 12.5. The molecule has 0 atom stereocenters. The highest BCUT2D eigenvalue weighted by atomic mass is 16.5. The zero-order valence-corrected chi connectivity index (χ0v) is 15.6. The van der Waals surface area contributed by atoms with E-state index in [4.69, 9.17) is 14.2 Å². The molecule has 2 rings (SSSR count). The van der Waals surface area contributed by atoms with Crippen molar-refractivity contribution in [1.82, 2.24) is 0 Å². The Morgan fingerprint density at radius 3 is 2.41 bits per heavy atom. The number of rotatable bonds is 8. The number of carbonyl (C=O) groups excluding carboxylic acids is 1. The lowest BCUT2D eigenvalue weighted by atomic mass is 10.1. The lowest BCUT2D eigenvalue weighted by Gasteiger charge is -2.11. The quantitative estimate of drug-likeness (QED) is 0.563. The van der Waals surface area contributed by atoms with Crippen molar-refractivity contribution in [3.8, 4) is 23.3 Å². The molecule has 0 heterocycles. The van der Waals surface area contributed by atoms with Crippen molar-refractivity contribution in [2.24, 2.45) is 0 Å². The van der Waals surface area contributed by atoms with Crippen LogP contribution in [-0.2, 0) is 4.79 Å². The molecule has 6 heteroatoms. The van der Waals surface area contributed by atoms with E-state index in [0.717, 1.165) is 17.7 Å². The number of hydrogen-bond donors (Lipinski definition) is 1. The van der Waals surface area contributed by atoms with E-state index in [9.17, 15) is 10.1 Å². The van der Waals surface area contributed by atoms with Gasteiger partial charge in [-0.2, -0.15) is 5.26 Å². The molecule has 0 aliphatic carbocycles. The number of ether oxygens (including phenoxy) is 3. The van der Waals surface area contributed by atoms with Crippen LogP contribution in [0.2, 0.25) is 0 Å². The van der Waals surface area contributed by atoms with Crippen LogP contribution in [0.25, 0.3) is 6.08 Å². The zero-order valence-electron chi connectivity index (χ0n) is 15.6. The fourth-order valence-electron chi connectivity index (χ4n) is 2.30. The lowest BCUT2D eigenvalue weighted by molar-refractivity contribution is -0.112. The molecule has 0 saturated heterocycles. The molecule has 0 bridgehead atoms. The van der Waals surface area contributed by atoms with Gasteiger partial charge in [0.25, 0.3) is 5.91 Å². The molecule has 6 nitrogen and oxygen atoms in total. The van der Waals surface area contributed by atoms with Gasteiger partial charge < -0.3 is 19.5 Å². The van der Waals surface area contributed by atoms with Gasteiger partial charge in [-0.25, -0.2) is 0 Å². The molecular formula is C21H22N2O4. The van der Waals surface area contributed by atoms with E-state index in [0.29, 0.717) is 23.8 Å². The van der Waals surface area contributed by atoms with Crippen LogP contribution in [0.3, 0.4) is 0 Å². The summed E-state index contributed by atoms with van der Waals surface area (Å²) in [6, 6.07) is 14.2. The molecule has 0 spiro atoms. The molecule has 2 aromatic carbocycles. The number of nitriles is 1. The van der Waals surface area contributed by atoms with Crippen LogP contribution in [0, 0.1) is 11.3 Å². The normalized spacial score (nSPS) is 10.7. The molecule has 0 unspecified atom stereocenters. The number of carbonyl (C=O) groups is 1. The molecule has 0 fully saturated rings. The summed E-state index contributed by atoms with van der Waals surface area (Å²) in [6.45, 7) is 2.68. The standard InChI is InChI=1S/C21H22N2O4/c1-4-11-27-17-7-5-15(6-8-17)12-16(14-22)21(24)23-19-13-18(25-2)9-10-20(19)26-3/h5-10,12-13H,4,11H2,1-3H3,(H,23,24)/b16-12+. The van der Waals surface area contributed by atoms with Gasteiger partial charge in [0.15, 0.2) is 0 Å². The van der Waals surface area contributed by atoms with Crippen LogP contribution in [0.1, 0.15) is 18.9 Å². The summed E-state index contributed by atoms with van der Waals surface area (Å²) >= 11 is 0. The molecule has 2 aromatic rings. The Bertz CT molecular complexity index is 851. The van der Waals surface area contributed by atoms with Gasteiger partial charge in [-0.1, -0.05) is 19.1 Å². The lowest BCUT2D eigenvalue weighted by Crippen LogP contribution is -2.14. The van der Waals surface area contributed by atoms with E-state index in [1.807, 2.05) is 13.0 Å². The van der Waals surface area contributed by atoms with Crippen molar-refractivity contribution in [3.63, 3.8) is 0 Å². The van der Waals surface area contributed by atoms with Crippen LogP contribution in [-0.4, -0.2) is 26.7 Å². The van der Waals surface area contributed by atoms with Crippen LogP contribution in [0.15, 0.2) is 48.0 Å². The Morgan fingerprint density at radius 2 is 1.81 bits per heavy atom. The molecule has 0 radical (unpaired) electrons. The van der Waals surface area contributed by atoms with Gasteiger partial charge in [0, 0.05) is 6.07 Å².